The van der Waals surface area contributed by atoms with Crippen LogP contribution in [0.4, 0.5) is 4.79 Å². The molecule has 3 amide bonds. The van der Waals surface area contributed by atoms with Gasteiger partial charge in [-0.15, -0.1) is 0 Å². The number of nitrogens with zero attached hydrogens (tertiary/aromatic N) is 1. The maximum atomic E-state index is 12.6. The lowest BCUT2D eigenvalue weighted by atomic mass is 9.85. The average Bonchev–Trinajstić information content (AvgIpc) is 2.72. The lowest BCUT2D eigenvalue weighted by Crippen LogP contribution is -2.46. The van der Waals surface area contributed by atoms with Crippen LogP contribution in [0, 0.1) is 5.92 Å². The molecule has 3 N–H and O–H groups in total. The number of benzene rings is 1. The number of ether oxygens (including phenoxy) is 1. The minimum atomic E-state index is -0.164. The molecular formula is C25H40N4O3. The van der Waals surface area contributed by atoms with Gasteiger partial charge in [0.05, 0.1) is 12.2 Å². The van der Waals surface area contributed by atoms with Crippen molar-refractivity contribution < 1.29 is 14.3 Å². The van der Waals surface area contributed by atoms with Gasteiger partial charge in [0.1, 0.15) is 0 Å². The van der Waals surface area contributed by atoms with Crippen LogP contribution in [0.1, 0.15) is 64.5 Å². The molecule has 1 heterocycles. The van der Waals surface area contributed by atoms with E-state index >= 15 is 0 Å². The molecule has 0 aromatic heterocycles. The van der Waals surface area contributed by atoms with Gasteiger partial charge in [-0.1, -0.05) is 30.7 Å². The minimum Gasteiger partial charge on any atom is -0.373 e. The van der Waals surface area contributed by atoms with Crippen molar-refractivity contribution in [3.8, 4) is 0 Å². The number of hydrogen-bond donors (Lipinski definition) is 3. The third-order valence-electron chi connectivity index (χ3n) is 6.26. The molecule has 7 heteroatoms. The molecule has 1 aliphatic heterocycles. The van der Waals surface area contributed by atoms with Gasteiger partial charge in [0, 0.05) is 44.2 Å². The van der Waals surface area contributed by atoms with Crippen molar-refractivity contribution >= 4 is 11.9 Å². The summed E-state index contributed by atoms with van der Waals surface area (Å²) in [5, 5.41) is 9.11. The molecule has 1 aromatic carbocycles. The average molecular weight is 445 g/mol. The van der Waals surface area contributed by atoms with Crippen LogP contribution in [-0.4, -0.2) is 54.2 Å². The van der Waals surface area contributed by atoms with Gasteiger partial charge in [-0.25, -0.2) is 4.79 Å². The molecule has 1 saturated carbocycles. The van der Waals surface area contributed by atoms with E-state index in [1.807, 2.05) is 19.9 Å². The summed E-state index contributed by atoms with van der Waals surface area (Å²) in [6.07, 6.45) is 3.94. The largest absolute Gasteiger partial charge is 0.373 e. The highest BCUT2D eigenvalue weighted by Gasteiger charge is 2.28. The van der Waals surface area contributed by atoms with Gasteiger partial charge in [0.15, 0.2) is 0 Å². The first kappa shape index (κ1) is 24.5. The number of amides is 3. The number of carbonyl (C=O) groups excluding carboxylic acids is 2. The second kappa shape index (κ2) is 11.7. The second-order valence-electron chi connectivity index (χ2n) is 9.77. The summed E-state index contributed by atoms with van der Waals surface area (Å²) in [6, 6.07) is 8.30. The van der Waals surface area contributed by atoms with E-state index in [0.717, 1.165) is 44.5 Å². The molecule has 0 spiro atoms. The van der Waals surface area contributed by atoms with Crippen molar-refractivity contribution in [2.75, 3.05) is 13.1 Å². The number of carbonyl (C=O) groups is 2. The highest BCUT2D eigenvalue weighted by Crippen LogP contribution is 2.24. The standard InChI is InChI=1S/C25H40N4O3/c1-17(2)27-24(30)20-10-7-11-23(12-20)28-25(31)26-13-21-8-5-6-9-22(21)16-29-14-18(3)32-19(4)15-29/h5-6,8-9,17-20,23H,7,10-16H2,1-4H3,(H,27,30)(H2,26,28,31). The first-order chi connectivity index (χ1) is 15.3. The highest BCUT2D eigenvalue weighted by atomic mass is 16.5. The molecule has 0 bridgehead atoms. The maximum absolute atomic E-state index is 12.6. The Hall–Kier alpha value is -2.12. The van der Waals surface area contributed by atoms with E-state index in [2.05, 4.69) is 52.9 Å². The van der Waals surface area contributed by atoms with E-state index < -0.39 is 0 Å². The Bertz CT molecular complexity index is 759. The summed E-state index contributed by atoms with van der Waals surface area (Å²) in [5.74, 6) is 0.0862. The van der Waals surface area contributed by atoms with Crippen LogP contribution in [0.2, 0.25) is 0 Å². The van der Waals surface area contributed by atoms with Gasteiger partial charge in [-0.2, -0.15) is 0 Å². The molecule has 1 saturated heterocycles. The molecule has 3 rings (SSSR count). The summed E-state index contributed by atoms with van der Waals surface area (Å²) in [5.41, 5.74) is 2.37. The van der Waals surface area contributed by atoms with Crippen molar-refractivity contribution in [2.24, 2.45) is 5.92 Å². The van der Waals surface area contributed by atoms with Crippen LogP contribution in [-0.2, 0) is 22.6 Å². The predicted molar refractivity (Wildman–Crippen MR) is 126 cm³/mol. The minimum absolute atomic E-state index is 0.0181. The van der Waals surface area contributed by atoms with Crippen LogP contribution < -0.4 is 16.0 Å². The smallest absolute Gasteiger partial charge is 0.315 e. The van der Waals surface area contributed by atoms with Crippen molar-refractivity contribution in [2.45, 2.75) is 90.8 Å². The Morgan fingerprint density at radius 1 is 1.09 bits per heavy atom. The molecule has 2 fully saturated rings. The summed E-state index contributed by atoms with van der Waals surface area (Å²) >= 11 is 0. The summed E-state index contributed by atoms with van der Waals surface area (Å²) in [4.78, 5) is 27.3. The van der Waals surface area contributed by atoms with Gasteiger partial charge in [-0.3, -0.25) is 9.69 Å². The van der Waals surface area contributed by atoms with Crippen LogP contribution in [0.5, 0.6) is 0 Å². The molecule has 1 aliphatic carbocycles. The molecule has 1 aromatic rings. The second-order valence-corrected chi connectivity index (χ2v) is 9.77. The number of nitrogens with one attached hydrogen (secondary N) is 3. The van der Waals surface area contributed by atoms with Crippen LogP contribution >= 0.6 is 0 Å². The Morgan fingerprint density at radius 2 is 1.78 bits per heavy atom. The number of rotatable bonds is 7. The predicted octanol–water partition coefficient (Wildman–Crippen LogP) is 3.18. The lowest BCUT2D eigenvalue weighted by molar-refractivity contribution is -0.126. The van der Waals surface area contributed by atoms with E-state index in [4.69, 9.17) is 4.74 Å². The van der Waals surface area contributed by atoms with Crippen molar-refractivity contribution in [1.82, 2.24) is 20.9 Å². The van der Waals surface area contributed by atoms with Crippen LogP contribution in [0.15, 0.2) is 24.3 Å². The fourth-order valence-corrected chi connectivity index (χ4v) is 4.91. The lowest BCUT2D eigenvalue weighted by Gasteiger charge is -2.35. The van der Waals surface area contributed by atoms with Gasteiger partial charge < -0.3 is 20.7 Å². The van der Waals surface area contributed by atoms with Crippen LogP contribution in [0.25, 0.3) is 0 Å². The van der Waals surface area contributed by atoms with Crippen molar-refractivity contribution in [3.05, 3.63) is 35.4 Å². The molecule has 4 unspecified atom stereocenters. The van der Waals surface area contributed by atoms with Crippen molar-refractivity contribution in [3.63, 3.8) is 0 Å². The fourth-order valence-electron chi connectivity index (χ4n) is 4.91. The quantitative estimate of drug-likeness (QED) is 0.603. The number of urea groups is 1. The van der Waals surface area contributed by atoms with Gasteiger partial charge in [0.2, 0.25) is 5.91 Å². The molecule has 2 aliphatic rings. The molecule has 4 atom stereocenters. The van der Waals surface area contributed by atoms with Gasteiger partial charge >= 0.3 is 6.03 Å². The fraction of sp³-hybridized carbons (Fsp3) is 0.680. The SMILES string of the molecule is CC(C)NC(=O)C1CCCC(NC(=O)NCc2ccccc2CN2CC(C)OC(C)C2)C1. The zero-order chi connectivity index (χ0) is 23.1. The number of hydrogen-bond acceptors (Lipinski definition) is 4. The molecule has 178 valence electrons. The monoisotopic (exact) mass is 444 g/mol. The van der Waals surface area contributed by atoms with Gasteiger partial charge in [0.25, 0.3) is 0 Å². The molecule has 32 heavy (non-hydrogen) atoms. The Morgan fingerprint density at radius 3 is 2.47 bits per heavy atom. The van der Waals surface area contributed by atoms with E-state index in [9.17, 15) is 9.59 Å². The van der Waals surface area contributed by atoms with E-state index in [-0.39, 0.29) is 42.1 Å². The van der Waals surface area contributed by atoms with Crippen LogP contribution in [0.3, 0.4) is 0 Å². The zero-order valence-corrected chi connectivity index (χ0v) is 20.0. The summed E-state index contributed by atoms with van der Waals surface area (Å²) in [7, 11) is 0. The van der Waals surface area contributed by atoms with Crippen molar-refractivity contribution in [1.29, 1.82) is 0 Å². The summed E-state index contributed by atoms with van der Waals surface area (Å²) in [6.45, 7) is 11.4. The molecule has 7 nitrogen and oxygen atoms in total. The molecule has 0 radical (unpaired) electrons. The Kier molecular flexibility index (Phi) is 8.93. The van der Waals surface area contributed by atoms with E-state index in [1.165, 1.54) is 5.56 Å². The Balaban J connectivity index is 1.49. The van der Waals surface area contributed by atoms with E-state index in [0.29, 0.717) is 13.0 Å². The van der Waals surface area contributed by atoms with E-state index in [1.54, 1.807) is 0 Å². The normalized spacial score (nSPS) is 26.5. The third-order valence-corrected chi connectivity index (χ3v) is 6.26. The number of morpholine rings is 1. The first-order valence-corrected chi connectivity index (χ1v) is 12.1. The highest BCUT2D eigenvalue weighted by molar-refractivity contribution is 5.79. The molecular weight excluding hydrogens is 404 g/mol. The third kappa shape index (κ3) is 7.48. The topological polar surface area (TPSA) is 82.7 Å². The maximum Gasteiger partial charge on any atom is 0.315 e. The Labute approximate surface area is 192 Å². The summed E-state index contributed by atoms with van der Waals surface area (Å²) < 4.78 is 5.84. The first-order valence-electron chi connectivity index (χ1n) is 12.1. The zero-order valence-electron chi connectivity index (χ0n) is 20.0. The van der Waals surface area contributed by atoms with Gasteiger partial charge in [-0.05, 0) is 58.1 Å².